The molecule has 1 aliphatic carbocycles. The van der Waals surface area contributed by atoms with Crippen LogP contribution in [0.1, 0.15) is 49.2 Å². The molecule has 0 atom stereocenters. The van der Waals surface area contributed by atoms with E-state index in [0.29, 0.717) is 34.8 Å². The van der Waals surface area contributed by atoms with Crippen molar-refractivity contribution in [2.24, 2.45) is 11.3 Å². The number of carboxylic acid groups (broad SMARTS) is 1. The second-order valence-corrected chi connectivity index (χ2v) is 8.12. The van der Waals surface area contributed by atoms with Gasteiger partial charge in [0.15, 0.2) is 0 Å². The third-order valence-electron chi connectivity index (χ3n) is 5.39. The number of ether oxygens (including phenoxy) is 1. The van der Waals surface area contributed by atoms with E-state index in [1.807, 2.05) is 13.8 Å². The molecule has 1 fully saturated rings. The summed E-state index contributed by atoms with van der Waals surface area (Å²) in [5.74, 6) is -0.185. The maximum atomic E-state index is 12.5. The molecule has 7 heteroatoms. The second-order valence-electron chi connectivity index (χ2n) is 8.12. The van der Waals surface area contributed by atoms with Gasteiger partial charge in [-0.25, -0.2) is 4.79 Å². The van der Waals surface area contributed by atoms with Crippen molar-refractivity contribution in [2.45, 2.75) is 40.0 Å². The quantitative estimate of drug-likeness (QED) is 0.674. The zero-order chi connectivity index (χ0) is 20.5. The largest absolute Gasteiger partial charge is 0.492 e. The normalized spacial score (nSPS) is 14.5. The van der Waals surface area contributed by atoms with Crippen molar-refractivity contribution in [3.05, 3.63) is 29.5 Å². The molecular formula is C21H27N3O4. The summed E-state index contributed by atoms with van der Waals surface area (Å²) in [7, 11) is 0. The molecule has 0 aliphatic heterocycles. The standard InChI is InChI=1S/C21H27N3O4/c1-12-16(19(25)26)18(22)17-14(24-12)8-5-9-15(17)28-11-21(2,3)20(27)23-10-13-6-4-7-13/h5,8-9,13H,4,6-7,10-11H2,1-3H3,(H2,22,24)(H,23,27)(H,25,26). The monoisotopic (exact) mass is 385 g/mol. The number of aryl methyl sites for hydroxylation is 1. The van der Waals surface area contributed by atoms with Gasteiger partial charge in [-0.2, -0.15) is 0 Å². The van der Waals surface area contributed by atoms with Gasteiger partial charge in [0, 0.05) is 6.54 Å². The summed E-state index contributed by atoms with van der Waals surface area (Å²) < 4.78 is 5.93. The van der Waals surface area contributed by atoms with Crippen LogP contribution in [0.4, 0.5) is 5.69 Å². The number of benzene rings is 1. The fraction of sp³-hybridized carbons (Fsp3) is 0.476. The van der Waals surface area contributed by atoms with Gasteiger partial charge < -0.3 is 20.9 Å². The maximum Gasteiger partial charge on any atom is 0.339 e. The Kier molecular flexibility index (Phi) is 5.45. The summed E-state index contributed by atoms with van der Waals surface area (Å²) in [6.45, 7) is 6.10. The van der Waals surface area contributed by atoms with Crippen LogP contribution in [-0.4, -0.2) is 35.1 Å². The average Bonchev–Trinajstić information content (AvgIpc) is 2.57. The Labute approximate surface area is 164 Å². The Bertz CT molecular complexity index is 919. The van der Waals surface area contributed by atoms with Crippen molar-refractivity contribution in [1.82, 2.24) is 10.3 Å². The number of nitrogens with one attached hydrogen (secondary N) is 1. The second kappa shape index (κ2) is 7.66. The van der Waals surface area contributed by atoms with Gasteiger partial charge in [-0.1, -0.05) is 12.5 Å². The van der Waals surface area contributed by atoms with Crippen molar-refractivity contribution in [3.63, 3.8) is 0 Å². The lowest BCUT2D eigenvalue weighted by Gasteiger charge is -2.29. The van der Waals surface area contributed by atoms with Gasteiger partial charge in [0.25, 0.3) is 0 Å². The van der Waals surface area contributed by atoms with Gasteiger partial charge in [-0.15, -0.1) is 0 Å². The highest BCUT2D eigenvalue weighted by molar-refractivity contribution is 6.06. The number of hydrogen-bond donors (Lipinski definition) is 3. The number of carbonyl (C=O) groups is 2. The fourth-order valence-electron chi connectivity index (χ4n) is 3.33. The third kappa shape index (κ3) is 3.88. The minimum absolute atomic E-state index is 0.0268. The number of nitrogen functional groups attached to an aromatic ring is 1. The van der Waals surface area contributed by atoms with Crippen LogP contribution < -0.4 is 15.8 Å². The first kappa shape index (κ1) is 19.9. The number of pyridine rings is 1. The highest BCUT2D eigenvalue weighted by Gasteiger charge is 2.30. The smallest absolute Gasteiger partial charge is 0.339 e. The van der Waals surface area contributed by atoms with Crippen molar-refractivity contribution in [2.75, 3.05) is 18.9 Å². The number of aromatic carboxylic acids is 1. The molecule has 2 aromatic rings. The molecule has 0 saturated heterocycles. The number of fused-ring (bicyclic) bond motifs is 1. The van der Waals surface area contributed by atoms with Crippen LogP contribution in [0.2, 0.25) is 0 Å². The van der Waals surface area contributed by atoms with Gasteiger partial charge in [0.05, 0.1) is 27.7 Å². The number of rotatable bonds is 7. The Morgan fingerprint density at radius 2 is 2.07 bits per heavy atom. The number of hydrogen-bond acceptors (Lipinski definition) is 5. The van der Waals surface area contributed by atoms with Crippen LogP contribution in [0.15, 0.2) is 18.2 Å². The molecule has 0 radical (unpaired) electrons. The first-order valence-corrected chi connectivity index (χ1v) is 9.54. The first-order valence-electron chi connectivity index (χ1n) is 9.54. The summed E-state index contributed by atoms with van der Waals surface area (Å²) in [5, 5.41) is 12.9. The van der Waals surface area contributed by atoms with Gasteiger partial charge in [-0.3, -0.25) is 9.78 Å². The molecule has 1 aromatic carbocycles. The lowest BCUT2D eigenvalue weighted by Crippen LogP contribution is -2.43. The van der Waals surface area contributed by atoms with E-state index in [4.69, 9.17) is 10.5 Å². The molecule has 0 spiro atoms. The third-order valence-corrected chi connectivity index (χ3v) is 5.39. The van der Waals surface area contributed by atoms with Crippen LogP contribution >= 0.6 is 0 Å². The van der Waals surface area contributed by atoms with Crippen LogP contribution in [0.25, 0.3) is 10.9 Å². The summed E-state index contributed by atoms with van der Waals surface area (Å²) in [6.07, 6.45) is 3.58. The number of nitrogens with zero attached hydrogens (tertiary/aromatic N) is 1. The number of carbonyl (C=O) groups excluding carboxylic acids is 1. The molecule has 7 nitrogen and oxygen atoms in total. The molecule has 28 heavy (non-hydrogen) atoms. The number of nitrogens with two attached hydrogens (primary N) is 1. The molecule has 1 aromatic heterocycles. The zero-order valence-electron chi connectivity index (χ0n) is 16.5. The Morgan fingerprint density at radius 1 is 1.36 bits per heavy atom. The lowest BCUT2D eigenvalue weighted by atomic mass is 9.85. The minimum Gasteiger partial charge on any atom is -0.492 e. The number of aromatic nitrogens is 1. The van der Waals surface area contributed by atoms with E-state index in [9.17, 15) is 14.7 Å². The predicted octanol–water partition coefficient (Wildman–Crippen LogP) is 3.14. The molecule has 0 unspecified atom stereocenters. The zero-order valence-corrected chi connectivity index (χ0v) is 16.5. The summed E-state index contributed by atoms with van der Waals surface area (Å²) >= 11 is 0. The van der Waals surface area contributed by atoms with E-state index in [2.05, 4.69) is 10.3 Å². The van der Waals surface area contributed by atoms with E-state index in [-0.39, 0.29) is 23.8 Å². The van der Waals surface area contributed by atoms with Crippen molar-refractivity contribution < 1.29 is 19.4 Å². The van der Waals surface area contributed by atoms with E-state index < -0.39 is 11.4 Å². The minimum atomic E-state index is -1.13. The van der Waals surface area contributed by atoms with Crippen LogP contribution in [0.5, 0.6) is 5.75 Å². The molecule has 1 heterocycles. The number of amides is 1. The Balaban J connectivity index is 1.80. The maximum absolute atomic E-state index is 12.5. The highest BCUT2D eigenvalue weighted by Crippen LogP contribution is 2.34. The molecule has 1 amide bonds. The van der Waals surface area contributed by atoms with Crippen LogP contribution in [-0.2, 0) is 4.79 Å². The molecule has 0 bridgehead atoms. The van der Waals surface area contributed by atoms with Crippen molar-refractivity contribution >= 4 is 28.5 Å². The topological polar surface area (TPSA) is 115 Å². The van der Waals surface area contributed by atoms with Gasteiger partial charge in [0.2, 0.25) is 5.91 Å². The van der Waals surface area contributed by atoms with E-state index in [1.165, 1.54) is 19.3 Å². The number of carboxylic acids is 1. The molecule has 3 rings (SSSR count). The van der Waals surface area contributed by atoms with Gasteiger partial charge in [0.1, 0.15) is 17.9 Å². The molecule has 1 aliphatic rings. The molecule has 4 N–H and O–H groups in total. The summed E-state index contributed by atoms with van der Waals surface area (Å²) in [4.78, 5) is 28.4. The Hall–Kier alpha value is -2.83. The van der Waals surface area contributed by atoms with E-state index in [1.54, 1.807) is 25.1 Å². The predicted molar refractivity (Wildman–Crippen MR) is 107 cm³/mol. The SMILES string of the molecule is Cc1nc2cccc(OCC(C)(C)C(=O)NCC3CCC3)c2c(N)c1C(=O)O. The average molecular weight is 385 g/mol. The van der Waals surface area contributed by atoms with Crippen LogP contribution in [0, 0.1) is 18.3 Å². The summed E-state index contributed by atoms with van der Waals surface area (Å²) in [5.41, 5.74) is 6.41. The fourth-order valence-corrected chi connectivity index (χ4v) is 3.33. The summed E-state index contributed by atoms with van der Waals surface area (Å²) in [6, 6.07) is 5.24. The molecule has 150 valence electrons. The van der Waals surface area contributed by atoms with Crippen molar-refractivity contribution in [1.29, 1.82) is 0 Å². The van der Waals surface area contributed by atoms with E-state index in [0.717, 1.165) is 0 Å². The van der Waals surface area contributed by atoms with Gasteiger partial charge in [-0.05, 0) is 51.7 Å². The van der Waals surface area contributed by atoms with Crippen LogP contribution in [0.3, 0.4) is 0 Å². The van der Waals surface area contributed by atoms with Crippen molar-refractivity contribution in [3.8, 4) is 5.75 Å². The lowest BCUT2D eigenvalue weighted by molar-refractivity contribution is -0.131. The van der Waals surface area contributed by atoms with E-state index >= 15 is 0 Å². The highest BCUT2D eigenvalue weighted by atomic mass is 16.5. The number of anilines is 1. The molecular weight excluding hydrogens is 358 g/mol. The molecule has 1 saturated carbocycles. The Morgan fingerprint density at radius 3 is 2.68 bits per heavy atom. The first-order chi connectivity index (χ1) is 13.2. The van der Waals surface area contributed by atoms with Gasteiger partial charge >= 0.3 is 5.97 Å².